The molecule has 0 saturated heterocycles. The Labute approximate surface area is 201 Å². The smallest absolute Gasteiger partial charge is 0.490 e. The lowest BCUT2D eigenvalue weighted by atomic mass is 9.87. The van der Waals surface area contributed by atoms with Crippen molar-refractivity contribution in [1.82, 2.24) is 0 Å². The van der Waals surface area contributed by atoms with Gasteiger partial charge in [0.25, 0.3) is 0 Å². The molecule has 0 aromatic heterocycles. The van der Waals surface area contributed by atoms with E-state index in [1.165, 1.54) is 0 Å². The maximum atomic E-state index is 12.2. The molecule has 0 radical (unpaired) electrons. The molecule has 0 fully saturated rings. The molecule has 3 rings (SSSR count). The zero-order chi connectivity index (χ0) is 24.9. The van der Waals surface area contributed by atoms with Gasteiger partial charge in [0, 0.05) is 0 Å². The number of carbonyl (C=O) groups excluding carboxylic acids is 2. The molecular weight excluding hydrogens is 428 g/mol. The number of ether oxygens (including phenoxy) is 3. The van der Waals surface area contributed by atoms with Gasteiger partial charge in [0.15, 0.2) is 0 Å². The fourth-order valence-electron chi connectivity index (χ4n) is 3.13. The molecule has 0 spiro atoms. The summed E-state index contributed by atoms with van der Waals surface area (Å²) in [7, 11) is 0. The number of rotatable bonds is 7. The summed E-state index contributed by atoms with van der Waals surface area (Å²) in [5.41, 5.74) is 2.57. The van der Waals surface area contributed by atoms with Gasteiger partial charge in [-0.25, -0.2) is 4.79 Å². The maximum absolute atomic E-state index is 12.2. The lowest BCUT2D eigenvalue weighted by Gasteiger charge is -2.26. The molecule has 0 bridgehead atoms. The fraction of sp³-hybridized carbons (Fsp3) is 0.310. The lowest BCUT2D eigenvalue weighted by molar-refractivity contribution is -0.118. The van der Waals surface area contributed by atoms with E-state index in [9.17, 15) is 9.59 Å². The molecule has 1 unspecified atom stereocenters. The molecule has 0 aliphatic rings. The topological polar surface area (TPSA) is 61.8 Å². The van der Waals surface area contributed by atoms with Crippen LogP contribution in [-0.2, 0) is 10.2 Å². The first kappa shape index (κ1) is 25.0. The van der Waals surface area contributed by atoms with E-state index in [1.54, 1.807) is 24.3 Å². The quantitative estimate of drug-likeness (QED) is 0.212. The van der Waals surface area contributed by atoms with E-state index >= 15 is 0 Å². The summed E-state index contributed by atoms with van der Waals surface area (Å²) in [6, 6.07) is 22.2. The van der Waals surface area contributed by atoms with Crippen molar-refractivity contribution >= 4 is 12.4 Å². The van der Waals surface area contributed by atoms with E-state index in [4.69, 9.17) is 14.2 Å². The van der Waals surface area contributed by atoms with Crippen molar-refractivity contribution in [3.63, 3.8) is 0 Å². The largest absolute Gasteiger partial charge is 0.519 e. The first-order chi connectivity index (χ1) is 16.0. The van der Waals surface area contributed by atoms with Crippen LogP contribution in [0.4, 0.5) is 4.79 Å². The molecule has 34 heavy (non-hydrogen) atoms. The van der Waals surface area contributed by atoms with Crippen molar-refractivity contribution in [2.75, 3.05) is 0 Å². The standard InChI is InChI=1S/C29H32O5/c1-20(29(5,6)19-30)32-24-13-7-21(8-14-24)22-9-15-25(16-10-22)33-27(31)34-26-17-11-23(12-18-26)28(2,3)4/h7-20H,1-6H3. The minimum absolute atomic E-state index is 0.0276. The average molecular weight is 461 g/mol. The molecule has 178 valence electrons. The van der Waals surface area contributed by atoms with Gasteiger partial charge in [0.05, 0.1) is 5.41 Å². The van der Waals surface area contributed by atoms with Crippen LogP contribution in [0.3, 0.4) is 0 Å². The molecule has 3 aromatic rings. The van der Waals surface area contributed by atoms with Crippen molar-refractivity contribution in [3.8, 4) is 28.4 Å². The zero-order valence-corrected chi connectivity index (χ0v) is 20.6. The number of benzene rings is 3. The van der Waals surface area contributed by atoms with Crippen LogP contribution in [0, 0.1) is 5.41 Å². The summed E-state index contributed by atoms with van der Waals surface area (Å²) < 4.78 is 16.5. The Balaban J connectivity index is 1.58. The van der Waals surface area contributed by atoms with Crippen molar-refractivity contribution in [2.45, 2.75) is 53.1 Å². The second-order valence-electron chi connectivity index (χ2n) is 9.98. The summed E-state index contributed by atoms with van der Waals surface area (Å²) >= 11 is 0. The summed E-state index contributed by atoms with van der Waals surface area (Å²) in [4.78, 5) is 23.4. The third kappa shape index (κ3) is 6.47. The summed E-state index contributed by atoms with van der Waals surface area (Å²) in [5, 5.41) is 0. The van der Waals surface area contributed by atoms with Crippen LogP contribution >= 0.6 is 0 Å². The Hall–Kier alpha value is -3.60. The van der Waals surface area contributed by atoms with E-state index in [-0.39, 0.29) is 11.5 Å². The highest BCUT2D eigenvalue weighted by atomic mass is 16.7. The Morgan fingerprint density at radius 2 is 1.12 bits per heavy atom. The van der Waals surface area contributed by atoms with Crippen molar-refractivity contribution in [3.05, 3.63) is 78.4 Å². The van der Waals surface area contributed by atoms with Gasteiger partial charge in [-0.2, -0.15) is 0 Å². The maximum Gasteiger partial charge on any atom is 0.519 e. The third-order valence-electron chi connectivity index (χ3n) is 5.83. The molecule has 0 aliphatic carbocycles. The Morgan fingerprint density at radius 1 is 0.706 bits per heavy atom. The van der Waals surface area contributed by atoms with E-state index in [0.717, 1.165) is 23.0 Å². The summed E-state index contributed by atoms with van der Waals surface area (Å²) in [6.45, 7) is 12.0. The predicted molar refractivity (Wildman–Crippen MR) is 134 cm³/mol. The van der Waals surface area contributed by atoms with E-state index in [1.807, 2.05) is 69.3 Å². The van der Waals surface area contributed by atoms with Crippen molar-refractivity contribution < 1.29 is 23.8 Å². The van der Waals surface area contributed by atoms with Gasteiger partial charge in [-0.3, -0.25) is 0 Å². The molecule has 0 N–H and O–H groups in total. The van der Waals surface area contributed by atoms with Gasteiger partial charge in [0.2, 0.25) is 0 Å². The second kappa shape index (κ2) is 10.1. The van der Waals surface area contributed by atoms with Crippen LogP contribution in [0.15, 0.2) is 72.8 Å². The highest BCUT2D eigenvalue weighted by Gasteiger charge is 2.27. The molecule has 0 amide bonds. The van der Waals surface area contributed by atoms with E-state index in [0.29, 0.717) is 17.2 Å². The first-order valence-corrected chi connectivity index (χ1v) is 11.3. The minimum atomic E-state index is -0.787. The van der Waals surface area contributed by atoms with Gasteiger partial charge in [0.1, 0.15) is 29.6 Å². The zero-order valence-electron chi connectivity index (χ0n) is 20.6. The highest BCUT2D eigenvalue weighted by Crippen LogP contribution is 2.28. The van der Waals surface area contributed by atoms with Crippen LogP contribution in [0.5, 0.6) is 17.2 Å². The van der Waals surface area contributed by atoms with Crippen LogP contribution < -0.4 is 14.2 Å². The molecular formula is C29H32O5. The first-order valence-electron chi connectivity index (χ1n) is 11.3. The van der Waals surface area contributed by atoms with Crippen molar-refractivity contribution in [2.24, 2.45) is 5.41 Å². The van der Waals surface area contributed by atoms with E-state index in [2.05, 4.69) is 20.8 Å². The van der Waals surface area contributed by atoms with Crippen LogP contribution in [-0.4, -0.2) is 18.5 Å². The second-order valence-corrected chi connectivity index (χ2v) is 9.98. The molecule has 0 saturated carbocycles. The third-order valence-corrected chi connectivity index (χ3v) is 5.83. The SMILES string of the molecule is CC(Oc1ccc(-c2ccc(OC(=O)Oc3ccc(C(C)(C)C)cc3)cc2)cc1)C(C)(C)C=O. The Kier molecular flexibility index (Phi) is 7.45. The minimum Gasteiger partial charge on any atom is -0.490 e. The summed E-state index contributed by atoms with van der Waals surface area (Å²) in [6.07, 6.45) is -0.123. The molecule has 0 aliphatic heterocycles. The number of hydrogen-bond donors (Lipinski definition) is 0. The van der Waals surface area contributed by atoms with E-state index < -0.39 is 11.6 Å². The van der Waals surface area contributed by atoms with Crippen LogP contribution in [0.1, 0.15) is 47.1 Å². The Morgan fingerprint density at radius 3 is 1.53 bits per heavy atom. The van der Waals surface area contributed by atoms with Crippen LogP contribution in [0.2, 0.25) is 0 Å². The average Bonchev–Trinajstić information content (AvgIpc) is 2.80. The number of carbonyl (C=O) groups is 2. The van der Waals surface area contributed by atoms with Crippen molar-refractivity contribution in [1.29, 1.82) is 0 Å². The van der Waals surface area contributed by atoms with Gasteiger partial charge >= 0.3 is 6.16 Å². The molecule has 5 heteroatoms. The molecule has 1 atom stereocenters. The van der Waals surface area contributed by atoms with Gasteiger partial charge in [-0.15, -0.1) is 0 Å². The Bertz CT molecular complexity index is 1110. The molecule has 3 aromatic carbocycles. The van der Waals surface area contributed by atoms with Crippen LogP contribution in [0.25, 0.3) is 11.1 Å². The van der Waals surface area contributed by atoms with Gasteiger partial charge in [-0.1, -0.05) is 57.2 Å². The monoisotopic (exact) mass is 460 g/mol. The fourth-order valence-corrected chi connectivity index (χ4v) is 3.13. The summed E-state index contributed by atoms with van der Waals surface area (Å²) in [5.74, 6) is 1.53. The molecule has 5 nitrogen and oxygen atoms in total. The number of aldehydes is 1. The van der Waals surface area contributed by atoms with Gasteiger partial charge < -0.3 is 19.0 Å². The predicted octanol–water partition coefficient (Wildman–Crippen LogP) is 7.22. The highest BCUT2D eigenvalue weighted by molar-refractivity contribution is 5.69. The number of hydrogen-bond acceptors (Lipinski definition) is 5. The molecule has 0 heterocycles. The van der Waals surface area contributed by atoms with Gasteiger partial charge in [-0.05, 0) is 79.3 Å². The normalized spacial score (nSPS) is 12.5. The lowest BCUT2D eigenvalue weighted by Crippen LogP contribution is -2.33.